The van der Waals surface area contributed by atoms with E-state index in [0.29, 0.717) is 50.1 Å². The SMILES string of the molecule is Cc1nc2c(C#N)cnn2c(C)c1CCC(=O)NCCC(=O)N1CCN(c2ccccc2)CC1. The molecule has 3 aromatic rings. The molecular weight excluding hydrogens is 430 g/mol. The summed E-state index contributed by atoms with van der Waals surface area (Å²) >= 11 is 0. The Kier molecular flexibility index (Phi) is 7.07. The molecular formula is C25H29N7O2. The molecule has 1 saturated heterocycles. The molecule has 2 amide bonds. The number of aromatic nitrogens is 3. The zero-order valence-corrected chi connectivity index (χ0v) is 19.6. The fourth-order valence-corrected chi connectivity index (χ4v) is 4.40. The molecule has 9 heteroatoms. The summed E-state index contributed by atoms with van der Waals surface area (Å²) in [4.78, 5) is 33.6. The zero-order chi connectivity index (χ0) is 24.1. The van der Waals surface area contributed by atoms with Crippen molar-refractivity contribution in [1.82, 2.24) is 24.8 Å². The van der Waals surface area contributed by atoms with E-state index < -0.39 is 0 Å². The second-order valence-corrected chi connectivity index (χ2v) is 8.47. The minimum absolute atomic E-state index is 0.0707. The first-order valence-electron chi connectivity index (χ1n) is 11.6. The van der Waals surface area contributed by atoms with Gasteiger partial charge in [-0.2, -0.15) is 10.4 Å². The molecule has 0 unspecified atom stereocenters. The van der Waals surface area contributed by atoms with Crippen LogP contribution in [-0.2, 0) is 16.0 Å². The molecule has 0 atom stereocenters. The van der Waals surface area contributed by atoms with E-state index in [0.717, 1.165) is 30.0 Å². The van der Waals surface area contributed by atoms with Gasteiger partial charge in [-0.05, 0) is 38.0 Å². The molecule has 2 aromatic heterocycles. The standard InChI is InChI=1S/C25H29N7O2/c1-18-22(19(2)32-25(29-18)20(16-26)17-28-32)8-9-23(33)27-11-10-24(34)31-14-12-30(13-15-31)21-6-4-3-5-7-21/h3-7,17H,8-15H2,1-2H3,(H,27,33). The average Bonchev–Trinajstić information content (AvgIpc) is 3.27. The minimum Gasteiger partial charge on any atom is -0.368 e. The first kappa shape index (κ1) is 23.2. The van der Waals surface area contributed by atoms with Crippen LogP contribution < -0.4 is 10.2 Å². The molecule has 176 valence electrons. The number of nitrogens with zero attached hydrogens (tertiary/aromatic N) is 6. The molecule has 1 aliphatic heterocycles. The molecule has 34 heavy (non-hydrogen) atoms. The van der Waals surface area contributed by atoms with Gasteiger partial charge in [-0.15, -0.1) is 0 Å². The van der Waals surface area contributed by atoms with Gasteiger partial charge in [0, 0.05) is 62.6 Å². The Morgan fingerprint density at radius 3 is 2.53 bits per heavy atom. The largest absolute Gasteiger partial charge is 0.368 e. The van der Waals surface area contributed by atoms with Crippen molar-refractivity contribution in [2.75, 3.05) is 37.6 Å². The van der Waals surface area contributed by atoms with E-state index >= 15 is 0 Å². The summed E-state index contributed by atoms with van der Waals surface area (Å²) in [5.41, 5.74) is 4.76. The molecule has 0 saturated carbocycles. The number of piperazine rings is 1. The summed E-state index contributed by atoms with van der Waals surface area (Å²) in [6, 6.07) is 12.3. The normalized spacial score (nSPS) is 13.7. The number of carbonyl (C=O) groups excluding carboxylic acids is 2. The molecule has 0 aliphatic carbocycles. The number of rotatable bonds is 7. The maximum absolute atomic E-state index is 12.6. The monoisotopic (exact) mass is 459 g/mol. The minimum atomic E-state index is -0.0984. The lowest BCUT2D eigenvalue weighted by atomic mass is 10.1. The summed E-state index contributed by atoms with van der Waals surface area (Å²) in [5, 5.41) is 16.3. The van der Waals surface area contributed by atoms with E-state index in [1.807, 2.05) is 36.9 Å². The van der Waals surface area contributed by atoms with Crippen LogP contribution in [0, 0.1) is 25.2 Å². The van der Waals surface area contributed by atoms with Gasteiger partial charge in [-0.25, -0.2) is 9.50 Å². The number of anilines is 1. The highest BCUT2D eigenvalue weighted by Gasteiger charge is 2.21. The summed E-state index contributed by atoms with van der Waals surface area (Å²) in [7, 11) is 0. The third-order valence-corrected chi connectivity index (χ3v) is 6.35. The van der Waals surface area contributed by atoms with Gasteiger partial charge < -0.3 is 15.1 Å². The van der Waals surface area contributed by atoms with Crippen LogP contribution in [0.25, 0.3) is 5.65 Å². The van der Waals surface area contributed by atoms with Gasteiger partial charge in [0.25, 0.3) is 0 Å². The number of nitriles is 1. The van der Waals surface area contributed by atoms with E-state index in [2.05, 4.69) is 38.5 Å². The lowest BCUT2D eigenvalue weighted by Gasteiger charge is -2.36. The molecule has 1 aliphatic rings. The summed E-state index contributed by atoms with van der Waals surface area (Å²) in [6.45, 7) is 7.13. The highest BCUT2D eigenvalue weighted by atomic mass is 16.2. The summed E-state index contributed by atoms with van der Waals surface area (Å²) < 4.78 is 1.65. The van der Waals surface area contributed by atoms with E-state index in [1.165, 1.54) is 11.9 Å². The molecule has 4 rings (SSSR count). The predicted octanol–water partition coefficient (Wildman–Crippen LogP) is 2.01. The highest BCUT2D eigenvalue weighted by Crippen LogP contribution is 2.18. The number of hydrogen-bond donors (Lipinski definition) is 1. The van der Waals surface area contributed by atoms with Crippen LogP contribution in [0.4, 0.5) is 5.69 Å². The van der Waals surface area contributed by atoms with Crippen molar-refractivity contribution in [1.29, 1.82) is 5.26 Å². The maximum Gasteiger partial charge on any atom is 0.224 e. The molecule has 3 heterocycles. The molecule has 9 nitrogen and oxygen atoms in total. The lowest BCUT2D eigenvalue weighted by Crippen LogP contribution is -2.49. The van der Waals surface area contributed by atoms with Crippen LogP contribution in [0.1, 0.15) is 35.4 Å². The number of carbonyl (C=O) groups is 2. The van der Waals surface area contributed by atoms with Crippen molar-refractivity contribution in [3.05, 3.63) is 59.0 Å². The first-order valence-corrected chi connectivity index (χ1v) is 11.6. The first-order chi connectivity index (χ1) is 16.5. The van der Waals surface area contributed by atoms with Crippen molar-refractivity contribution < 1.29 is 9.59 Å². The molecule has 0 bridgehead atoms. The Labute approximate surface area is 199 Å². The maximum atomic E-state index is 12.6. The van der Waals surface area contributed by atoms with Gasteiger partial charge in [0.1, 0.15) is 11.6 Å². The Hall–Kier alpha value is -3.93. The quantitative estimate of drug-likeness (QED) is 0.579. The Morgan fingerprint density at radius 1 is 1.09 bits per heavy atom. The van der Waals surface area contributed by atoms with Crippen molar-refractivity contribution in [3.8, 4) is 6.07 Å². The number of amides is 2. The smallest absolute Gasteiger partial charge is 0.224 e. The second kappa shape index (κ2) is 10.3. The lowest BCUT2D eigenvalue weighted by molar-refractivity contribution is -0.131. The zero-order valence-electron chi connectivity index (χ0n) is 19.6. The van der Waals surface area contributed by atoms with Gasteiger partial charge >= 0.3 is 0 Å². The summed E-state index contributed by atoms with van der Waals surface area (Å²) in [6.07, 6.45) is 2.62. The molecule has 0 radical (unpaired) electrons. The molecule has 1 fully saturated rings. The van der Waals surface area contributed by atoms with E-state index in [-0.39, 0.29) is 11.8 Å². The number of aryl methyl sites for hydroxylation is 2. The summed E-state index contributed by atoms with van der Waals surface area (Å²) in [5.74, 6) is -0.0277. The van der Waals surface area contributed by atoms with Crippen LogP contribution in [0.2, 0.25) is 0 Å². The van der Waals surface area contributed by atoms with Crippen molar-refractivity contribution in [3.63, 3.8) is 0 Å². The van der Waals surface area contributed by atoms with E-state index in [4.69, 9.17) is 0 Å². The molecule has 1 aromatic carbocycles. The predicted molar refractivity (Wildman–Crippen MR) is 128 cm³/mol. The molecule has 0 spiro atoms. The van der Waals surface area contributed by atoms with Crippen LogP contribution in [-0.4, -0.2) is 64.0 Å². The van der Waals surface area contributed by atoms with Crippen molar-refractivity contribution in [2.24, 2.45) is 0 Å². The number of nitrogens with one attached hydrogen (secondary N) is 1. The molecule has 1 N–H and O–H groups in total. The number of benzene rings is 1. The fraction of sp³-hybridized carbons (Fsp3) is 0.400. The van der Waals surface area contributed by atoms with Gasteiger partial charge in [-0.1, -0.05) is 18.2 Å². The fourth-order valence-electron chi connectivity index (χ4n) is 4.40. The van der Waals surface area contributed by atoms with Gasteiger partial charge in [0.15, 0.2) is 5.65 Å². The van der Waals surface area contributed by atoms with Crippen LogP contribution in [0.5, 0.6) is 0 Å². The third kappa shape index (κ3) is 5.01. The van der Waals surface area contributed by atoms with Crippen LogP contribution in [0.15, 0.2) is 36.5 Å². The van der Waals surface area contributed by atoms with Crippen LogP contribution >= 0.6 is 0 Å². The van der Waals surface area contributed by atoms with Gasteiger partial charge in [0.05, 0.1) is 6.20 Å². The number of hydrogen-bond acceptors (Lipinski definition) is 6. The Bertz CT molecular complexity index is 1220. The van der Waals surface area contributed by atoms with E-state index in [1.54, 1.807) is 4.52 Å². The van der Waals surface area contributed by atoms with Crippen molar-refractivity contribution >= 4 is 23.1 Å². The van der Waals surface area contributed by atoms with Gasteiger partial charge in [-0.3, -0.25) is 9.59 Å². The Balaban J connectivity index is 1.21. The van der Waals surface area contributed by atoms with Crippen molar-refractivity contribution in [2.45, 2.75) is 33.1 Å². The highest BCUT2D eigenvalue weighted by molar-refractivity contribution is 5.79. The topological polar surface area (TPSA) is 107 Å². The average molecular weight is 460 g/mol. The number of para-hydroxylation sites is 1. The second-order valence-electron chi connectivity index (χ2n) is 8.47. The van der Waals surface area contributed by atoms with Crippen LogP contribution in [0.3, 0.4) is 0 Å². The third-order valence-electron chi connectivity index (χ3n) is 6.35. The van der Waals surface area contributed by atoms with Gasteiger partial charge in [0.2, 0.25) is 11.8 Å². The number of fused-ring (bicyclic) bond motifs is 1. The van der Waals surface area contributed by atoms with E-state index in [9.17, 15) is 14.9 Å². The Morgan fingerprint density at radius 2 is 1.82 bits per heavy atom.